The first-order chi connectivity index (χ1) is 10.4. The maximum atomic E-state index is 12.8. The zero-order valence-electron chi connectivity index (χ0n) is 13.2. The second-order valence-electron chi connectivity index (χ2n) is 6.09. The first-order valence-electron chi connectivity index (χ1n) is 7.82. The zero-order valence-corrected chi connectivity index (χ0v) is 14.1. The Balaban J connectivity index is 2.20. The number of hydrogen-bond acceptors (Lipinski definition) is 4. The van der Waals surface area contributed by atoms with Gasteiger partial charge in [0.15, 0.2) is 0 Å². The summed E-state index contributed by atoms with van der Waals surface area (Å²) in [5, 5.41) is 2.23. The van der Waals surface area contributed by atoms with Crippen LogP contribution in [0.15, 0.2) is 0 Å². The summed E-state index contributed by atoms with van der Waals surface area (Å²) in [5.74, 6) is -0.874. The largest absolute Gasteiger partial charge is 0.359 e. The van der Waals surface area contributed by atoms with Crippen LogP contribution in [0.4, 0.5) is 0 Å². The molecular formula is C14H25N3O4S. The molecule has 7 nitrogen and oxygen atoms in total. The van der Waals surface area contributed by atoms with E-state index in [1.807, 2.05) is 0 Å². The van der Waals surface area contributed by atoms with Gasteiger partial charge in [-0.25, -0.2) is 8.42 Å². The second kappa shape index (κ2) is 6.95. The molecule has 0 aromatic heterocycles. The third kappa shape index (κ3) is 3.60. The number of nitrogens with one attached hydrogen (secondary N) is 1. The van der Waals surface area contributed by atoms with Crippen molar-refractivity contribution in [2.45, 2.75) is 37.9 Å². The van der Waals surface area contributed by atoms with Crippen LogP contribution in [0, 0.1) is 5.92 Å². The lowest BCUT2D eigenvalue weighted by molar-refractivity contribution is -0.130. The van der Waals surface area contributed by atoms with E-state index in [1.165, 1.54) is 18.3 Å². The molecule has 1 aliphatic carbocycles. The van der Waals surface area contributed by atoms with Gasteiger partial charge >= 0.3 is 0 Å². The fourth-order valence-electron chi connectivity index (χ4n) is 3.27. The molecule has 1 saturated carbocycles. The number of amides is 2. The summed E-state index contributed by atoms with van der Waals surface area (Å²) in [6, 6.07) is 0. The van der Waals surface area contributed by atoms with Crippen LogP contribution in [0.5, 0.6) is 0 Å². The first kappa shape index (κ1) is 17.2. The lowest BCUT2D eigenvalue weighted by atomic mass is 10.1. The van der Waals surface area contributed by atoms with E-state index in [1.54, 1.807) is 4.90 Å². The van der Waals surface area contributed by atoms with E-state index in [0.29, 0.717) is 19.4 Å². The topological polar surface area (TPSA) is 86.8 Å². The van der Waals surface area contributed by atoms with E-state index in [4.69, 9.17) is 0 Å². The Morgan fingerprint density at radius 1 is 1.09 bits per heavy atom. The Morgan fingerprint density at radius 2 is 1.73 bits per heavy atom. The molecule has 2 aliphatic rings. The number of hydrogen-bond donors (Lipinski definition) is 1. The average Bonchev–Trinajstić information content (AvgIpc) is 2.92. The van der Waals surface area contributed by atoms with Gasteiger partial charge in [0.1, 0.15) is 0 Å². The highest BCUT2D eigenvalue weighted by Gasteiger charge is 2.38. The predicted molar refractivity (Wildman–Crippen MR) is 82.6 cm³/mol. The normalized spacial score (nSPS) is 25.0. The number of carbonyl (C=O) groups is 2. The fraction of sp³-hybridized carbons (Fsp3) is 0.857. The van der Waals surface area contributed by atoms with E-state index in [2.05, 4.69) is 5.32 Å². The van der Waals surface area contributed by atoms with Gasteiger partial charge in [-0.1, -0.05) is 12.8 Å². The van der Waals surface area contributed by atoms with E-state index < -0.39 is 15.9 Å². The minimum atomic E-state index is -3.39. The van der Waals surface area contributed by atoms with Crippen LogP contribution in [0.3, 0.4) is 0 Å². The summed E-state index contributed by atoms with van der Waals surface area (Å²) >= 11 is 0. The minimum Gasteiger partial charge on any atom is -0.359 e. The Morgan fingerprint density at radius 3 is 2.27 bits per heavy atom. The molecule has 22 heavy (non-hydrogen) atoms. The van der Waals surface area contributed by atoms with Crippen molar-refractivity contribution in [3.8, 4) is 0 Å². The molecule has 0 bridgehead atoms. The Bertz CT molecular complexity index is 528. The van der Waals surface area contributed by atoms with Crippen molar-refractivity contribution in [3.63, 3.8) is 0 Å². The van der Waals surface area contributed by atoms with Crippen LogP contribution >= 0.6 is 0 Å². The Kier molecular flexibility index (Phi) is 5.44. The van der Waals surface area contributed by atoms with Crippen LogP contribution < -0.4 is 5.32 Å². The molecule has 1 saturated heterocycles. The molecule has 2 rings (SSSR count). The van der Waals surface area contributed by atoms with Gasteiger partial charge in [0, 0.05) is 40.2 Å². The molecule has 8 heteroatoms. The number of rotatable bonds is 3. The number of carbonyl (C=O) groups excluding carboxylic acids is 2. The SMILES string of the molecule is CNC(=O)[C@H]1CN(C(C)=O)CCN(S(=O)(=O)C2CCCC2)C1. The highest BCUT2D eigenvalue weighted by molar-refractivity contribution is 7.89. The zero-order chi connectivity index (χ0) is 16.3. The standard InChI is InChI=1S/C14H25N3O4S/c1-11(18)16-7-8-17(10-12(9-16)14(19)15-2)22(20,21)13-5-3-4-6-13/h12-13H,3-10H2,1-2H3,(H,15,19)/t12-/m0/s1. The van der Waals surface area contributed by atoms with Crippen LogP contribution in [0.1, 0.15) is 32.6 Å². The van der Waals surface area contributed by atoms with Crippen LogP contribution in [-0.4, -0.2) is 67.9 Å². The maximum absolute atomic E-state index is 12.8. The molecule has 1 atom stereocenters. The van der Waals surface area contributed by atoms with E-state index >= 15 is 0 Å². The summed E-state index contributed by atoms with van der Waals surface area (Å²) in [6.07, 6.45) is 3.27. The molecule has 2 amide bonds. The quantitative estimate of drug-likeness (QED) is 0.775. The summed E-state index contributed by atoms with van der Waals surface area (Å²) in [7, 11) is -1.86. The molecular weight excluding hydrogens is 306 g/mol. The van der Waals surface area contributed by atoms with Crippen LogP contribution in [0.25, 0.3) is 0 Å². The average molecular weight is 331 g/mol. The van der Waals surface area contributed by atoms with E-state index in [-0.39, 0.29) is 36.7 Å². The van der Waals surface area contributed by atoms with Gasteiger partial charge in [0.05, 0.1) is 11.2 Å². The first-order valence-corrected chi connectivity index (χ1v) is 9.32. The molecule has 1 N–H and O–H groups in total. The Labute approximate surface area is 132 Å². The van der Waals surface area contributed by atoms with Gasteiger partial charge in [-0.3, -0.25) is 9.59 Å². The van der Waals surface area contributed by atoms with Gasteiger partial charge in [-0.05, 0) is 12.8 Å². The Hall–Kier alpha value is -1.15. The molecule has 0 spiro atoms. The molecule has 0 aromatic rings. The monoisotopic (exact) mass is 331 g/mol. The smallest absolute Gasteiger partial charge is 0.225 e. The number of sulfonamides is 1. The van der Waals surface area contributed by atoms with Crippen LogP contribution in [0.2, 0.25) is 0 Å². The minimum absolute atomic E-state index is 0.131. The summed E-state index contributed by atoms with van der Waals surface area (Å²) in [5.41, 5.74) is 0. The van der Waals surface area contributed by atoms with Gasteiger partial charge in [-0.15, -0.1) is 0 Å². The van der Waals surface area contributed by atoms with Crippen LogP contribution in [-0.2, 0) is 19.6 Å². The van der Waals surface area contributed by atoms with E-state index in [9.17, 15) is 18.0 Å². The van der Waals surface area contributed by atoms with Gasteiger partial charge in [0.25, 0.3) is 0 Å². The summed E-state index contributed by atoms with van der Waals surface area (Å²) < 4.78 is 27.0. The van der Waals surface area contributed by atoms with Gasteiger partial charge in [-0.2, -0.15) is 4.31 Å². The predicted octanol–water partition coefficient (Wildman–Crippen LogP) is -0.215. The van der Waals surface area contributed by atoms with E-state index in [0.717, 1.165) is 12.8 Å². The van der Waals surface area contributed by atoms with Crippen molar-refractivity contribution in [3.05, 3.63) is 0 Å². The molecule has 1 heterocycles. The summed E-state index contributed by atoms with van der Waals surface area (Å²) in [6.45, 7) is 2.48. The molecule has 0 unspecified atom stereocenters. The van der Waals surface area contributed by atoms with Gasteiger partial charge < -0.3 is 10.2 Å². The highest BCUT2D eigenvalue weighted by atomic mass is 32.2. The highest BCUT2D eigenvalue weighted by Crippen LogP contribution is 2.28. The van der Waals surface area contributed by atoms with Crippen molar-refractivity contribution in [2.24, 2.45) is 5.92 Å². The lowest BCUT2D eigenvalue weighted by Gasteiger charge is -2.25. The molecule has 126 valence electrons. The second-order valence-corrected chi connectivity index (χ2v) is 8.30. The fourth-order valence-corrected chi connectivity index (χ4v) is 5.34. The third-order valence-corrected chi connectivity index (χ3v) is 7.00. The summed E-state index contributed by atoms with van der Waals surface area (Å²) in [4.78, 5) is 25.2. The maximum Gasteiger partial charge on any atom is 0.225 e. The molecule has 0 aromatic carbocycles. The van der Waals surface area contributed by atoms with Crippen molar-refractivity contribution in [1.29, 1.82) is 0 Å². The molecule has 1 aliphatic heterocycles. The lowest BCUT2D eigenvalue weighted by Crippen LogP contribution is -2.44. The molecule has 0 radical (unpaired) electrons. The van der Waals surface area contributed by atoms with Crippen molar-refractivity contribution in [2.75, 3.05) is 33.2 Å². The molecule has 2 fully saturated rings. The van der Waals surface area contributed by atoms with Crippen molar-refractivity contribution < 1.29 is 18.0 Å². The number of nitrogens with zero attached hydrogens (tertiary/aromatic N) is 2. The van der Waals surface area contributed by atoms with Crippen molar-refractivity contribution in [1.82, 2.24) is 14.5 Å². The van der Waals surface area contributed by atoms with Crippen molar-refractivity contribution >= 4 is 21.8 Å². The van der Waals surface area contributed by atoms with Gasteiger partial charge in [0.2, 0.25) is 21.8 Å². The third-order valence-electron chi connectivity index (χ3n) is 4.63.